The van der Waals surface area contributed by atoms with Gasteiger partial charge >= 0.3 is 0 Å². The average Bonchev–Trinajstić information content (AvgIpc) is 2.68. The molecule has 0 aliphatic carbocycles. The van der Waals surface area contributed by atoms with E-state index in [1.807, 2.05) is 30.3 Å². The van der Waals surface area contributed by atoms with Crippen molar-refractivity contribution in [2.45, 2.75) is 82.4 Å². The van der Waals surface area contributed by atoms with Crippen molar-refractivity contribution in [1.29, 1.82) is 0 Å². The van der Waals surface area contributed by atoms with Gasteiger partial charge in [-0.1, -0.05) is 108 Å². The van der Waals surface area contributed by atoms with Crippen molar-refractivity contribution in [2.24, 2.45) is 0 Å². The Labute approximate surface area is 222 Å². The molecule has 2 aromatic rings. The number of fused-ring (bicyclic) bond motifs is 1. The van der Waals surface area contributed by atoms with Crippen molar-refractivity contribution in [3.63, 3.8) is 0 Å². The first-order valence-corrected chi connectivity index (χ1v) is 11.9. The van der Waals surface area contributed by atoms with Gasteiger partial charge in [-0.05, 0) is 17.9 Å². The molecule has 6 heteroatoms. The average molecular weight is 437 g/mol. The maximum absolute atomic E-state index is 12.5. The molecule has 0 amide bonds. The van der Waals surface area contributed by atoms with Gasteiger partial charge in [0.2, 0.25) is 0 Å². The molecule has 0 aromatic heterocycles. The van der Waals surface area contributed by atoms with E-state index in [1.54, 1.807) is 12.1 Å². The van der Waals surface area contributed by atoms with Crippen LogP contribution in [0.5, 0.6) is 0 Å². The van der Waals surface area contributed by atoms with Crippen LogP contribution in [0, 0.1) is 0 Å². The predicted octanol–water partition coefficient (Wildman–Crippen LogP) is 6.09. The second kappa shape index (κ2) is 17.2. The van der Waals surface area contributed by atoms with Crippen molar-refractivity contribution >= 4 is 80.0 Å². The van der Waals surface area contributed by atoms with E-state index in [2.05, 4.69) is 6.92 Å². The summed E-state index contributed by atoms with van der Waals surface area (Å²) in [6.45, 7) is 2.51. The predicted molar refractivity (Wildman–Crippen MR) is 125 cm³/mol. The van der Waals surface area contributed by atoms with Gasteiger partial charge in [-0.25, -0.2) is 0 Å². The molecule has 0 heterocycles. The molecule has 0 saturated carbocycles. The van der Waals surface area contributed by atoms with Crippen LogP contribution in [0.4, 0.5) is 0 Å². The van der Waals surface area contributed by atoms with Crippen LogP contribution in [-0.4, -0.2) is 74.1 Å². The van der Waals surface area contributed by atoms with Crippen molar-refractivity contribution < 1.29 is 12.6 Å². The Balaban J connectivity index is 0.00000392. The Bertz CT molecular complexity index is 773. The van der Waals surface area contributed by atoms with E-state index in [9.17, 15) is 8.42 Å². The summed E-state index contributed by atoms with van der Waals surface area (Å²) in [7, 11) is -3.70. The SMILES string of the molecule is CCCCCCCCCCCCCOS(=O)(=O)c1cccc2ccccc12.[Na].[Na]. The number of hydrogen-bond acceptors (Lipinski definition) is 3. The Kier molecular flexibility index (Phi) is 17.6. The van der Waals surface area contributed by atoms with Crippen LogP contribution in [-0.2, 0) is 14.3 Å². The normalized spacial score (nSPS) is 11.1. The Morgan fingerprint density at radius 1 is 0.690 bits per heavy atom. The molecule has 152 valence electrons. The molecule has 0 unspecified atom stereocenters. The summed E-state index contributed by atoms with van der Waals surface area (Å²) in [5.74, 6) is 0. The van der Waals surface area contributed by atoms with Gasteiger partial charge in [-0.3, -0.25) is 4.18 Å². The summed E-state index contributed by atoms with van der Waals surface area (Å²) < 4.78 is 30.3. The molecule has 3 nitrogen and oxygen atoms in total. The minimum absolute atomic E-state index is 0. The minimum Gasteiger partial charge on any atom is -0.266 e. The van der Waals surface area contributed by atoms with E-state index in [4.69, 9.17) is 4.18 Å². The van der Waals surface area contributed by atoms with Crippen molar-refractivity contribution in [1.82, 2.24) is 0 Å². The van der Waals surface area contributed by atoms with Crippen LogP contribution in [0.2, 0.25) is 0 Å². The fourth-order valence-corrected chi connectivity index (χ4v) is 4.58. The molecular formula is C23H34Na2O3S. The second-order valence-electron chi connectivity index (χ2n) is 7.29. The summed E-state index contributed by atoms with van der Waals surface area (Å²) in [6.07, 6.45) is 13.6. The van der Waals surface area contributed by atoms with Crippen LogP contribution in [0.3, 0.4) is 0 Å². The number of rotatable bonds is 14. The summed E-state index contributed by atoms with van der Waals surface area (Å²) in [5, 5.41) is 1.64. The van der Waals surface area contributed by atoms with Crippen LogP contribution in [0.15, 0.2) is 47.4 Å². The molecule has 2 rings (SSSR count). The maximum atomic E-state index is 12.5. The fraction of sp³-hybridized carbons (Fsp3) is 0.565. The quantitative estimate of drug-likeness (QED) is 0.204. The fourth-order valence-electron chi connectivity index (χ4n) is 3.41. The van der Waals surface area contributed by atoms with Gasteiger partial charge in [0, 0.05) is 64.5 Å². The molecular weight excluding hydrogens is 402 g/mol. The number of hydrogen-bond donors (Lipinski definition) is 0. The standard InChI is InChI=1S/C23H34O3S.2Na/c1-2-3-4-5-6-7-8-9-10-11-14-20-26-27(24,25)23-19-15-17-21-16-12-13-18-22(21)23;;/h12-13,15-19H,2-11,14,20H2,1H3;;. The van der Waals surface area contributed by atoms with Gasteiger partial charge < -0.3 is 0 Å². The first-order chi connectivity index (χ1) is 13.1. The molecule has 0 bridgehead atoms. The van der Waals surface area contributed by atoms with Gasteiger partial charge in [-0.2, -0.15) is 8.42 Å². The van der Waals surface area contributed by atoms with Crippen LogP contribution in [0.1, 0.15) is 77.6 Å². The van der Waals surface area contributed by atoms with Crippen molar-refractivity contribution in [3.8, 4) is 0 Å². The Morgan fingerprint density at radius 3 is 1.83 bits per heavy atom. The first-order valence-electron chi connectivity index (χ1n) is 10.5. The molecule has 29 heavy (non-hydrogen) atoms. The zero-order valence-electron chi connectivity index (χ0n) is 18.7. The Morgan fingerprint density at radius 2 is 1.21 bits per heavy atom. The zero-order chi connectivity index (χ0) is 19.4. The third kappa shape index (κ3) is 11.2. The van der Waals surface area contributed by atoms with E-state index in [0.29, 0.717) is 0 Å². The number of benzene rings is 2. The van der Waals surface area contributed by atoms with E-state index >= 15 is 0 Å². The van der Waals surface area contributed by atoms with Crippen LogP contribution >= 0.6 is 0 Å². The van der Waals surface area contributed by atoms with Crippen LogP contribution in [0.25, 0.3) is 10.8 Å². The second-order valence-corrected chi connectivity index (χ2v) is 8.87. The molecule has 0 aliphatic heterocycles. The summed E-state index contributed by atoms with van der Waals surface area (Å²) in [5.41, 5.74) is 0. The van der Waals surface area contributed by atoms with Gasteiger partial charge in [0.25, 0.3) is 10.1 Å². The van der Waals surface area contributed by atoms with E-state index in [-0.39, 0.29) is 70.6 Å². The van der Waals surface area contributed by atoms with Crippen LogP contribution < -0.4 is 0 Å². The molecule has 0 atom stereocenters. The smallest absolute Gasteiger partial charge is 0.266 e. The van der Waals surface area contributed by atoms with E-state index in [1.165, 1.54) is 51.4 Å². The van der Waals surface area contributed by atoms with Gasteiger partial charge in [-0.15, -0.1) is 0 Å². The van der Waals surface area contributed by atoms with Gasteiger partial charge in [0.1, 0.15) is 4.90 Å². The summed E-state index contributed by atoms with van der Waals surface area (Å²) >= 11 is 0. The molecule has 0 N–H and O–H groups in total. The molecule has 0 saturated heterocycles. The summed E-state index contributed by atoms with van der Waals surface area (Å²) in [4.78, 5) is 0.267. The summed E-state index contributed by atoms with van der Waals surface area (Å²) in [6, 6.07) is 12.8. The van der Waals surface area contributed by atoms with Gasteiger partial charge in [0.15, 0.2) is 0 Å². The molecule has 0 fully saturated rings. The van der Waals surface area contributed by atoms with Gasteiger partial charge in [0.05, 0.1) is 6.61 Å². The number of unbranched alkanes of at least 4 members (excludes halogenated alkanes) is 10. The van der Waals surface area contributed by atoms with Crippen molar-refractivity contribution in [2.75, 3.05) is 6.61 Å². The minimum atomic E-state index is -3.70. The molecule has 2 aromatic carbocycles. The topological polar surface area (TPSA) is 43.4 Å². The monoisotopic (exact) mass is 436 g/mol. The van der Waals surface area contributed by atoms with Crippen molar-refractivity contribution in [3.05, 3.63) is 42.5 Å². The maximum Gasteiger partial charge on any atom is 0.297 e. The largest absolute Gasteiger partial charge is 0.297 e. The molecule has 0 aliphatic rings. The first kappa shape index (κ1) is 29.6. The third-order valence-corrected chi connectivity index (χ3v) is 6.38. The van der Waals surface area contributed by atoms with E-state index < -0.39 is 10.1 Å². The Hall–Kier alpha value is 0.610. The molecule has 2 radical (unpaired) electrons. The zero-order valence-corrected chi connectivity index (χ0v) is 23.5. The molecule has 0 spiro atoms. The third-order valence-electron chi connectivity index (χ3n) is 5.01. The van der Waals surface area contributed by atoms with E-state index in [0.717, 1.165) is 30.0 Å².